The van der Waals surface area contributed by atoms with E-state index in [0.29, 0.717) is 19.1 Å². The van der Waals surface area contributed by atoms with E-state index in [-0.39, 0.29) is 0 Å². The summed E-state index contributed by atoms with van der Waals surface area (Å²) in [6.07, 6.45) is 3.28. The lowest BCUT2D eigenvalue weighted by atomic mass is 10.3. The molecule has 0 aliphatic heterocycles. The molecular weight excluding hydrogens is 256 g/mol. The first-order chi connectivity index (χ1) is 9.70. The van der Waals surface area contributed by atoms with Gasteiger partial charge in [-0.1, -0.05) is 0 Å². The fourth-order valence-corrected chi connectivity index (χ4v) is 1.64. The summed E-state index contributed by atoms with van der Waals surface area (Å²) in [5, 5.41) is 3.24. The molecule has 0 saturated heterocycles. The van der Waals surface area contributed by atoms with Gasteiger partial charge in [-0.2, -0.15) is 0 Å². The van der Waals surface area contributed by atoms with Crippen LogP contribution in [0.3, 0.4) is 0 Å². The minimum absolute atomic E-state index is 0.487. The van der Waals surface area contributed by atoms with E-state index in [0.717, 1.165) is 22.8 Å². The van der Waals surface area contributed by atoms with Crippen LogP contribution >= 0.6 is 0 Å². The van der Waals surface area contributed by atoms with Crippen LogP contribution in [0.5, 0.6) is 5.88 Å². The Kier molecular flexibility index (Phi) is 4.84. The minimum Gasteiger partial charge on any atom is -0.475 e. The maximum Gasteiger partial charge on any atom is 0.213 e. The second-order valence-electron chi connectivity index (χ2n) is 4.30. The predicted octanol–water partition coefficient (Wildman–Crippen LogP) is 2.26. The molecule has 6 nitrogen and oxygen atoms in total. The molecular formula is C14H18N4O2. The molecule has 0 amide bonds. The Labute approximate surface area is 118 Å². The Balaban J connectivity index is 2.08. The number of anilines is 2. The summed E-state index contributed by atoms with van der Waals surface area (Å²) in [6, 6.07) is 3.74. The maximum absolute atomic E-state index is 5.47. The highest BCUT2D eigenvalue weighted by molar-refractivity contribution is 5.60. The van der Waals surface area contributed by atoms with E-state index in [1.54, 1.807) is 13.3 Å². The lowest BCUT2D eigenvalue weighted by Gasteiger charge is -2.11. The summed E-state index contributed by atoms with van der Waals surface area (Å²) in [5.74, 6) is 1.36. The van der Waals surface area contributed by atoms with Gasteiger partial charge in [0.05, 0.1) is 18.0 Å². The topological polar surface area (TPSA) is 69.2 Å². The van der Waals surface area contributed by atoms with Gasteiger partial charge in [-0.05, 0) is 19.9 Å². The van der Waals surface area contributed by atoms with E-state index in [4.69, 9.17) is 9.47 Å². The number of nitrogens with one attached hydrogen (secondary N) is 1. The van der Waals surface area contributed by atoms with Crippen molar-refractivity contribution < 1.29 is 9.47 Å². The third-order valence-electron chi connectivity index (χ3n) is 2.75. The molecule has 0 spiro atoms. The maximum atomic E-state index is 5.47. The van der Waals surface area contributed by atoms with Crippen LogP contribution in [-0.2, 0) is 4.74 Å². The second-order valence-corrected chi connectivity index (χ2v) is 4.30. The fraction of sp³-hybridized carbons (Fsp3) is 0.357. The molecule has 0 radical (unpaired) electrons. The molecule has 2 rings (SSSR count). The van der Waals surface area contributed by atoms with E-state index in [2.05, 4.69) is 20.3 Å². The molecule has 2 aromatic heterocycles. The van der Waals surface area contributed by atoms with Crippen LogP contribution in [0.1, 0.15) is 11.3 Å². The number of aromatic nitrogens is 3. The summed E-state index contributed by atoms with van der Waals surface area (Å²) in [6.45, 7) is 4.90. The molecule has 0 unspecified atom stereocenters. The Morgan fingerprint density at radius 1 is 1.20 bits per heavy atom. The molecule has 0 saturated carbocycles. The third-order valence-corrected chi connectivity index (χ3v) is 2.75. The van der Waals surface area contributed by atoms with Gasteiger partial charge in [-0.15, -0.1) is 0 Å². The molecule has 0 aromatic carbocycles. The highest BCUT2D eigenvalue weighted by Crippen LogP contribution is 2.21. The number of pyridine rings is 1. The van der Waals surface area contributed by atoms with E-state index in [9.17, 15) is 0 Å². The largest absolute Gasteiger partial charge is 0.475 e. The van der Waals surface area contributed by atoms with Gasteiger partial charge < -0.3 is 14.8 Å². The first-order valence-electron chi connectivity index (χ1n) is 6.33. The van der Waals surface area contributed by atoms with Crippen molar-refractivity contribution in [1.29, 1.82) is 0 Å². The average molecular weight is 274 g/mol. The molecule has 0 aliphatic carbocycles. The van der Waals surface area contributed by atoms with Crippen LogP contribution in [0.15, 0.2) is 24.7 Å². The van der Waals surface area contributed by atoms with Crippen LogP contribution in [-0.4, -0.2) is 35.3 Å². The van der Waals surface area contributed by atoms with Gasteiger partial charge in [0, 0.05) is 24.9 Å². The average Bonchev–Trinajstić information content (AvgIpc) is 2.44. The van der Waals surface area contributed by atoms with Crippen molar-refractivity contribution in [3.8, 4) is 5.88 Å². The summed E-state index contributed by atoms with van der Waals surface area (Å²) in [7, 11) is 1.64. The molecule has 0 atom stereocenters. The monoisotopic (exact) mass is 274 g/mol. The number of rotatable bonds is 6. The molecule has 106 valence electrons. The highest BCUT2D eigenvalue weighted by Gasteiger charge is 2.05. The van der Waals surface area contributed by atoms with Crippen molar-refractivity contribution in [3.63, 3.8) is 0 Å². The van der Waals surface area contributed by atoms with Gasteiger partial charge in [-0.3, -0.25) is 0 Å². The summed E-state index contributed by atoms with van der Waals surface area (Å²) < 4.78 is 10.4. The number of hydrogen-bond donors (Lipinski definition) is 1. The van der Waals surface area contributed by atoms with E-state index in [1.807, 2.05) is 26.0 Å². The Morgan fingerprint density at radius 2 is 2.05 bits per heavy atom. The van der Waals surface area contributed by atoms with Crippen molar-refractivity contribution in [2.24, 2.45) is 0 Å². The summed E-state index contributed by atoms with van der Waals surface area (Å²) >= 11 is 0. The van der Waals surface area contributed by atoms with Crippen LogP contribution in [0, 0.1) is 13.8 Å². The van der Waals surface area contributed by atoms with Gasteiger partial charge in [0.15, 0.2) is 0 Å². The molecule has 0 fully saturated rings. The van der Waals surface area contributed by atoms with Crippen LogP contribution in [0.4, 0.5) is 11.5 Å². The number of methoxy groups -OCH3 is 1. The van der Waals surface area contributed by atoms with E-state index < -0.39 is 0 Å². The van der Waals surface area contributed by atoms with Crippen molar-refractivity contribution in [1.82, 2.24) is 15.0 Å². The van der Waals surface area contributed by atoms with Crippen molar-refractivity contribution in [3.05, 3.63) is 35.9 Å². The van der Waals surface area contributed by atoms with E-state index in [1.165, 1.54) is 6.33 Å². The molecule has 0 aliphatic rings. The standard InChI is InChI=1S/C14H18N4O2/c1-10-8-15-9-16-14(10)18-12-4-5-13(17-11(12)2)20-7-6-19-3/h4-5,8-9H,6-7H2,1-3H3,(H,15,16,18). The quantitative estimate of drug-likeness (QED) is 0.815. The molecule has 0 bridgehead atoms. The van der Waals surface area contributed by atoms with Gasteiger partial charge in [0.25, 0.3) is 0 Å². The molecule has 2 aromatic rings. The number of aryl methyl sites for hydroxylation is 2. The Hall–Kier alpha value is -2.21. The SMILES string of the molecule is COCCOc1ccc(Nc2ncncc2C)c(C)n1. The fourth-order valence-electron chi connectivity index (χ4n) is 1.64. The van der Waals surface area contributed by atoms with Crippen molar-refractivity contribution in [2.45, 2.75) is 13.8 Å². The normalized spacial score (nSPS) is 10.3. The van der Waals surface area contributed by atoms with Crippen molar-refractivity contribution in [2.75, 3.05) is 25.6 Å². The Bertz CT molecular complexity index is 575. The smallest absolute Gasteiger partial charge is 0.213 e. The zero-order valence-corrected chi connectivity index (χ0v) is 11.9. The number of ether oxygens (including phenoxy) is 2. The minimum atomic E-state index is 0.487. The first kappa shape index (κ1) is 14.2. The van der Waals surface area contributed by atoms with Gasteiger partial charge in [0.2, 0.25) is 5.88 Å². The molecule has 6 heteroatoms. The van der Waals surface area contributed by atoms with Crippen LogP contribution in [0.2, 0.25) is 0 Å². The molecule has 2 heterocycles. The number of nitrogens with zero attached hydrogens (tertiary/aromatic N) is 3. The Morgan fingerprint density at radius 3 is 2.75 bits per heavy atom. The number of hydrogen-bond acceptors (Lipinski definition) is 6. The summed E-state index contributed by atoms with van der Waals surface area (Å²) in [5.41, 5.74) is 2.72. The zero-order chi connectivity index (χ0) is 14.4. The summed E-state index contributed by atoms with van der Waals surface area (Å²) in [4.78, 5) is 12.6. The molecule has 20 heavy (non-hydrogen) atoms. The van der Waals surface area contributed by atoms with Crippen LogP contribution in [0.25, 0.3) is 0 Å². The highest BCUT2D eigenvalue weighted by atomic mass is 16.5. The third kappa shape index (κ3) is 3.64. The van der Waals surface area contributed by atoms with Gasteiger partial charge in [0.1, 0.15) is 18.8 Å². The molecule has 1 N–H and O–H groups in total. The van der Waals surface area contributed by atoms with Gasteiger partial charge >= 0.3 is 0 Å². The van der Waals surface area contributed by atoms with Crippen molar-refractivity contribution >= 4 is 11.5 Å². The van der Waals surface area contributed by atoms with E-state index >= 15 is 0 Å². The van der Waals surface area contributed by atoms with Crippen LogP contribution < -0.4 is 10.1 Å². The predicted molar refractivity (Wildman–Crippen MR) is 76.4 cm³/mol. The van der Waals surface area contributed by atoms with Gasteiger partial charge in [-0.25, -0.2) is 15.0 Å². The first-order valence-corrected chi connectivity index (χ1v) is 6.33. The zero-order valence-electron chi connectivity index (χ0n) is 11.9. The second kappa shape index (κ2) is 6.81. The lowest BCUT2D eigenvalue weighted by molar-refractivity contribution is 0.143. The lowest BCUT2D eigenvalue weighted by Crippen LogP contribution is -2.06.